The number of ether oxygens (including phenoxy) is 1. The summed E-state index contributed by atoms with van der Waals surface area (Å²) in [7, 11) is 0. The van der Waals surface area contributed by atoms with Gasteiger partial charge in [-0.1, -0.05) is 30.4 Å². The highest BCUT2D eigenvalue weighted by molar-refractivity contribution is 7.71. The second-order valence-corrected chi connectivity index (χ2v) is 7.24. The van der Waals surface area contributed by atoms with Crippen LogP contribution in [0.3, 0.4) is 0 Å². The summed E-state index contributed by atoms with van der Waals surface area (Å²) in [6.07, 6.45) is 0. The van der Waals surface area contributed by atoms with E-state index in [1.807, 2.05) is 17.6 Å². The molecule has 0 amide bonds. The SMILES string of the molecule is CCOC(=O)c1cc(C#N)c(=S)n(C[NH+]2CCN(c3ccccc3)CC2)c1C. The molecule has 0 bridgehead atoms. The molecular formula is C21H25N4O2S+. The molecule has 0 saturated carbocycles. The average molecular weight is 398 g/mol. The average Bonchev–Trinajstić information content (AvgIpc) is 2.72. The van der Waals surface area contributed by atoms with Crippen LogP contribution in [0, 0.1) is 22.9 Å². The van der Waals surface area contributed by atoms with E-state index in [-0.39, 0.29) is 0 Å². The van der Waals surface area contributed by atoms with Crippen LogP contribution in [-0.2, 0) is 11.4 Å². The van der Waals surface area contributed by atoms with Crippen molar-refractivity contribution >= 4 is 23.9 Å². The first-order valence-electron chi connectivity index (χ1n) is 9.50. The quantitative estimate of drug-likeness (QED) is 0.617. The van der Waals surface area contributed by atoms with Crippen LogP contribution in [0.15, 0.2) is 36.4 Å². The lowest BCUT2D eigenvalue weighted by atomic mass is 10.1. The number of anilines is 1. The molecule has 0 atom stereocenters. The van der Waals surface area contributed by atoms with Gasteiger partial charge in [-0.15, -0.1) is 0 Å². The van der Waals surface area contributed by atoms with Gasteiger partial charge in [0.25, 0.3) is 0 Å². The molecule has 1 aliphatic rings. The van der Waals surface area contributed by atoms with E-state index >= 15 is 0 Å². The molecule has 1 fully saturated rings. The van der Waals surface area contributed by atoms with Gasteiger partial charge in [0.05, 0.1) is 43.9 Å². The summed E-state index contributed by atoms with van der Waals surface area (Å²) < 4.78 is 7.54. The molecule has 28 heavy (non-hydrogen) atoms. The molecule has 146 valence electrons. The van der Waals surface area contributed by atoms with Crippen molar-refractivity contribution in [1.29, 1.82) is 5.26 Å². The van der Waals surface area contributed by atoms with Gasteiger partial charge in [0.2, 0.25) is 0 Å². The topological polar surface area (TPSA) is 62.7 Å². The summed E-state index contributed by atoms with van der Waals surface area (Å²) >= 11 is 5.52. The molecule has 0 radical (unpaired) electrons. The van der Waals surface area contributed by atoms with Crippen LogP contribution in [0.25, 0.3) is 0 Å². The lowest BCUT2D eigenvalue weighted by Crippen LogP contribution is -3.14. The number of esters is 1. The van der Waals surface area contributed by atoms with Gasteiger partial charge in [0.15, 0.2) is 6.67 Å². The Morgan fingerprint density at radius 1 is 1.29 bits per heavy atom. The number of rotatable bonds is 5. The standard InChI is InChI=1S/C21H24N4O2S/c1-3-27-21(26)19-13-17(14-22)20(28)25(16(19)2)15-23-9-11-24(12-10-23)18-7-5-4-6-8-18/h4-8,13H,3,9-12,15H2,1-2H3/p+1. The summed E-state index contributed by atoms with van der Waals surface area (Å²) in [5.41, 5.74) is 2.74. The number of aromatic nitrogens is 1. The monoisotopic (exact) mass is 397 g/mol. The summed E-state index contributed by atoms with van der Waals surface area (Å²) in [4.78, 5) is 16.0. The Balaban J connectivity index is 1.79. The second kappa shape index (κ2) is 9.00. The Morgan fingerprint density at radius 3 is 2.57 bits per heavy atom. The Kier molecular flexibility index (Phi) is 6.45. The molecule has 7 heteroatoms. The Bertz CT molecular complexity index is 941. The molecule has 2 heterocycles. The molecule has 0 aliphatic carbocycles. The molecule has 1 aromatic heterocycles. The summed E-state index contributed by atoms with van der Waals surface area (Å²) in [5, 5.41) is 9.44. The molecule has 0 spiro atoms. The zero-order valence-electron chi connectivity index (χ0n) is 16.3. The van der Waals surface area contributed by atoms with E-state index in [2.05, 4.69) is 35.2 Å². The fraction of sp³-hybridized carbons (Fsp3) is 0.381. The van der Waals surface area contributed by atoms with Crippen molar-refractivity contribution < 1.29 is 14.4 Å². The van der Waals surface area contributed by atoms with Crippen LogP contribution in [0.4, 0.5) is 5.69 Å². The highest BCUT2D eigenvalue weighted by atomic mass is 32.1. The van der Waals surface area contributed by atoms with Crippen molar-refractivity contribution in [2.75, 3.05) is 37.7 Å². The number of pyridine rings is 1. The molecule has 1 aliphatic heterocycles. The molecule has 2 aromatic rings. The molecule has 3 rings (SSSR count). The van der Waals surface area contributed by atoms with Gasteiger partial charge >= 0.3 is 5.97 Å². The zero-order valence-corrected chi connectivity index (χ0v) is 17.1. The maximum Gasteiger partial charge on any atom is 0.339 e. The summed E-state index contributed by atoms with van der Waals surface area (Å²) in [5.74, 6) is -0.413. The summed E-state index contributed by atoms with van der Waals surface area (Å²) in [6, 6.07) is 14.1. The number of carbonyl (C=O) groups is 1. The number of para-hydroxylation sites is 1. The first-order valence-corrected chi connectivity index (χ1v) is 9.91. The number of hydrogen-bond donors (Lipinski definition) is 1. The third-order valence-corrected chi connectivity index (χ3v) is 5.59. The third-order valence-electron chi connectivity index (χ3n) is 5.15. The van der Waals surface area contributed by atoms with Crippen molar-refractivity contribution in [1.82, 2.24) is 4.57 Å². The first-order chi connectivity index (χ1) is 13.5. The number of carbonyl (C=O) groups excluding carboxylic acids is 1. The number of nitrogens with zero attached hydrogens (tertiary/aromatic N) is 3. The molecule has 1 aromatic carbocycles. The summed E-state index contributed by atoms with van der Waals surface area (Å²) in [6.45, 7) is 8.39. The lowest BCUT2D eigenvalue weighted by molar-refractivity contribution is -0.923. The van der Waals surface area contributed by atoms with Crippen LogP contribution < -0.4 is 9.80 Å². The van der Waals surface area contributed by atoms with Crippen molar-refractivity contribution in [3.05, 3.63) is 57.9 Å². The van der Waals surface area contributed by atoms with Crippen LogP contribution in [0.2, 0.25) is 0 Å². The fourth-order valence-electron chi connectivity index (χ4n) is 3.54. The van der Waals surface area contributed by atoms with Crippen molar-refractivity contribution in [2.24, 2.45) is 0 Å². The van der Waals surface area contributed by atoms with Gasteiger partial charge in [-0.05, 0) is 32.0 Å². The minimum atomic E-state index is -0.413. The number of piperazine rings is 1. The molecule has 1 saturated heterocycles. The molecular weight excluding hydrogens is 372 g/mol. The van der Waals surface area contributed by atoms with Gasteiger partial charge in [-0.25, -0.2) is 4.79 Å². The number of hydrogen-bond acceptors (Lipinski definition) is 5. The van der Waals surface area contributed by atoms with E-state index in [0.717, 1.165) is 31.9 Å². The maximum absolute atomic E-state index is 12.3. The largest absolute Gasteiger partial charge is 0.462 e. The van der Waals surface area contributed by atoms with E-state index < -0.39 is 5.97 Å². The van der Waals surface area contributed by atoms with Crippen LogP contribution in [-0.4, -0.2) is 43.3 Å². The van der Waals surface area contributed by atoms with Gasteiger partial charge in [-0.3, -0.25) is 4.57 Å². The van der Waals surface area contributed by atoms with E-state index in [1.165, 1.54) is 10.6 Å². The normalized spacial score (nSPS) is 14.5. The van der Waals surface area contributed by atoms with Crippen LogP contribution in [0.1, 0.15) is 28.5 Å². The Morgan fingerprint density at radius 2 is 1.96 bits per heavy atom. The number of benzene rings is 1. The molecule has 6 nitrogen and oxygen atoms in total. The molecule has 0 unspecified atom stereocenters. The molecule has 1 N–H and O–H groups in total. The van der Waals surface area contributed by atoms with Gasteiger partial charge in [0, 0.05) is 11.4 Å². The zero-order chi connectivity index (χ0) is 20.1. The van der Waals surface area contributed by atoms with Crippen LogP contribution >= 0.6 is 12.2 Å². The van der Waals surface area contributed by atoms with Gasteiger partial charge in [-0.2, -0.15) is 5.26 Å². The highest BCUT2D eigenvalue weighted by Gasteiger charge is 2.23. The van der Waals surface area contributed by atoms with Crippen molar-refractivity contribution in [3.8, 4) is 6.07 Å². The van der Waals surface area contributed by atoms with E-state index in [4.69, 9.17) is 17.0 Å². The minimum absolute atomic E-state index is 0.294. The number of nitriles is 1. The Labute approximate surface area is 170 Å². The highest BCUT2D eigenvalue weighted by Crippen LogP contribution is 2.15. The van der Waals surface area contributed by atoms with Gasteiger partial charge < -0.3 is 14.5 Å². The van der Waals surface area contributed by atoms with Crippen molar-refractivity contribution in [3.63, 3.8) is 0 Å². The third kappa shape index (κ3) is 4.24. The predicted octanol–water partition coefficient (Wildman–Crippen LogP) is 1.94. The van der Waals surface area contributed by atoms with Crippen molar-refractivity contribution in [2.45, 2.75) is 20.5 Å². The predicted molar refractivity (Wildman–Crippen MR) is 110 cm³/mol. The number of nitrogens with one attached hydrogen (secondary N) is 1. The number of quaternary nitrogens is 1. The maximum atomic E-state index is 12.3. The second-order valence-electron chi connectivity index (χ2n) is 6.85. The first kappa shape index (κ1) is 20.1. The minimum Gasteiger partial charge on any atom is -0.462 e. The van der Waals surface area contributed by atoms with E-state index in [9.17, 15) is 10.1 Å². The van der Waals surface area contributed by atoms with E-state index in [0.29, 0.717) is 29.0 Å². The smallest absolute Gasteiger partial charge is 0.339 e. The fourth-order valence-corrected chi connectivity index (χ4v) is 3.85. The Hall–Kier alpha value is -2.69. The van der Waals surface area contributed by atoms with E-state index in [1.54, 1.807) is 13.0 Å². The van der Waals surface area contributed by atoms with Gasteiger partial charge in [0.1, 0.15) is 10.7 Å². The van der Waals surface area contributed by atoms with Crippen LogP contribution in [0.5, 0.6) is 0 Å². The lowest BCUT2D eigenvalue weighted by Gasteiger charge is -2.34.